The van der Waals surface area contributed by atoms with Gasteiger partial charge in [-0.1, -0.05) is 27.7 Å². The second-order valence-electron chi connectivity index (χ2n) is 10.1. The molecule has 0 saturated carbocycles. The van der Waals surface area contributed by atoms with Gasteiger partial charge in [0.2, 0.25) is 0 Å². The summed E-state index contributed by atoms with van der Waals surface area (Å²) in [6.07, 6.45) is 3.86. The van der Waals surface area contributed by atoms with E-state index in [-0.39, 0.29) is 18.6 Å². The molecule has 2 N–H and O–H groups in total. The molecule has 0 aromatic carbocycles. The first-order valence-electron chi connectivity index (χ1n) is 13.4. The fourth-order valence-electron chi connectivity index (χ4n) is 6.02. The number of nitrogens with one attached hydrogen (secondary N) is 2. The molecule has 3 aromatic heterocycles. The molecule has 5 heteroatoms. The fourth-order valence-corrected chi connectivity index (χ4v) is 6.02. The molecule has 8 bridgehead atoms. The molecule has 0 atom stereocenters. The van der Waals surface area contributed by atoms with Crippen molar-refractivity contribution in [1.82, 2.24) is 19.9 Å². The molecular weight excluding hydrogens is 491 g/mol. The second-order valence-corrected chi connectivity index (χ2v) is 10.1. The number of hydrogen-bond acceptors (Lipinski definition) is 2. The zero-order chi connectivity index (χ0) is 25.7. The Hall–Kier alpha value is -2.82. The standard InChI is InChI=1S/C32H38N4.V/c1-9-21-17(5)25-13-26-18(6)23(11-3)31(34-26)16-32-24(12-4)20(8)28(36-32)15-30-22(10-2)19(7)27(35-30)14-29(21)33-25;/h13-16,34,36H,9-12H2,1-8H3;. The van der Waals surface area contributed by atoms with E-state index in [0.29, 0.717) is 0 Å². The monoisotopic (exact) mass is 529 g/mol. The third-order valence-electron chi connectivity index (χ3n) is 8.21. The first-order chi connectivity index (χ1) is 17.3. The summed E-state index contributed by atoms with van der Waals surface area (Å²) in [5.74, 6) is 0. The normalized spacial score (nSPS) is 13.4. The molecule has 3 aromatic rings. The Bertz CT molecular complexity index is 1610. The van der Waals surface area contributed by atoms with Crippen LogP contribution in [0.1, 0.15) is 99.4 Å². The van der Waals surface area contributed by atoms with Gasteiger partial charge in [-0.2, -0.15) is 0 Å². The van der Waals surface area contributed by atoms with Crippen LogP contribution in [0.15, 0.2) is 24.3 Å². The minimum Gasteiger partial charge on any atom is -0.355 e. The number of aromatic amines is 2. The number of nitrogens with zero attached hydrogens (tertiary/aromatic N) is 2. The largest absolute Gasteiger partial charge is 0.355 e. The van der Waals surface area contributed by atoms with Crippen LogP contribution in [0.2, 0.25) is 0 Å². The van der Waals surface area contributed by atoms with Crippen molar-refractivity contribution in [3.63, 3.8) is 0 Å². The van der Waals surface area contributed by atoms with Gasteiger partial charge in [0, 0.05) is 40.6 Å². The van der Waals surface area contributed by atoms with E-state index < -0.39 is 0 Å². The van der Waals surface area contributed by atoms with Gasteiger partial charge < -0.3 is 9.97 Å². The Morgan fingerprint density at radius 1 is 0.514 bits per heavy atom. The van der Waals surface area contributed by atoms with Crippen LogP contribution in [-0.4, -0.2) is 19.9 Å². The number of fused-ring (bicyclic) bond motifs is 8. The van der Waals surface area contributed by atoms with Crippen LogP contribution in [0.4, 0.5) is 0 Å². The van der Waals surface area contributed by atoms with Crippen LogP contribution in [0.5, 0.6) is 0 Å². The first-order valence-corrected chi connectivity index (χ1v) is 13.4. The van der Waals surface area contributed by atoms with Crippen LogP contribution < -0.4 is 0 Å². The minimum atomic E-state index is 0. The molecule has 0 saturated heterocycles. The second kappa shape index (κ2) is 10.5. The molecule has 0 unspecified atom stereocenters. The quantitative estimate of drug-likeness (QED) is 0.355. The Morgan fingerprint density at radius 3 is 1.35 bits per heavy atom. The van der Waals surface area contributed by atoms with Crippen molar-refractivity contribution in [3.8, 4) is 0 Å². The van der Waals surface area contributed by atoms with Crippen molar-refractivity contribution >= 4 is 44.4 Å². The summed E-state index contributed by atoms with van der Waals surface area (Å²) in [5, 5.41) is 0. The molecule has 191 valence electrons. The van der Waals surface area contributed by atoms with E-state index in [9.17, 15) is 0 Å². The van der Waals surface area contributed by atoms with Crippen LogP contribution in [0, 0.1) is 13.8 Å². The molecule has 37 heavy (non-hydrogen) atoms. The van der Waals surface area contributed by atoms with Crippen molar-refractivity contribution in [3.05, 3.63) is 69.3 Å². The first kappa shape index (κ1) is 27.2. The zero-order valence-electron chi connectivity index (χ0n) is 23.5. The van der Waals surface area contributed by atoms with Gasteiger partial charge in [-0.15, -0.1) is 0 Å². The molecule has 0 amide bonds. The molecule has 5 heterocycles. The SMILES string of the molecule is CCC1=C(C)c2cc3[nH]c(cc4[nH]c(cc5nc(cc1n2)C(C)=C5CC)c(C)c4CC)c(CC)c3C.[V]. The van der Waals surface area contributed by atoms with Gasteiger partial charge in [-0.3, -0.25) is 0 Å². The minimum absolute atomic E-state index is 0. The van der Waals surface area contributed by atoms with Crippen LogP contribution in [-0.2, 0) is 31.4 Å². The van der Waals surface area contributed by atoms with Crippen LogP contribution >= 0.6 is 0 Å². The molecule has 5 rings (SSSR count). The fraction of sp³-hybridized carbons (Fsp3) is 0.375. The van der Waals surface area contributed by atoms with E-state index >= 15 is 0 Å². The summed E-state index contributed by atoms with van der Waals surface area (Å²) in [4.78, 5) is 17.7. The van der Waals surface area contributed by atoms with Gasteiger partial charge in [0.15, 0.2) is 0 Å². The van der Waals surface area contributed by atoms with Gasteiger partial charge in [-0.05, 0) is 122 Å². The third-order valence-corrected chi connectivity index (χ3v) is 8.21. The van der Waals surface area contributed by atoms with Crippen LogP contribution in [0.25, 0.3) is 44.4 Å². The van der Waals surface area contributed by atoms with Crippen molar-refractivity contribution in [1.29, 1.82) is 0 Å². The van der Waals surface area contributed by atoms with E-state index in [1.807, 2.05) is 0 Å². The smallest absolute Gasteiger partial charge is 0.0693 e. The molecule has 2 aliphatic heterocycles. The van der Waals surface area contributed by atoms with Crippen LogP contribution in [0.3, 0.4) is 0 Å². The Morgan fingerprint density at radius 2 is 0.919 bits per heavy atom. The maximum Gasteiger partial charge on any atom is 0.0693 e. The number of allylic oxidation sites excluding steroid dienone is 4. The summed E-state index contributed by atoms with van der Waals surface area (Å²) in [6, 6.07) is 8.98. The third kappa shape index (κ3) is 4.45. The van der Waals surface area contributed by atoms with Gasteiger partial charge in [0.25, 0.3) is 0 Å². The van der Waals surface area contributed by atoms with E-state index in [0.717, 1.165) is 59.5 Å². The average molecular weight is 530 g/mol. The zero-order valence-corrected chi connectivity index (χ0v) is 24.9. The maximum absolute atomic E-state index is 5.13. The maximum atomic E-state index is 5.13. The number of hydrogen-bond donors (Lipinski definition) is 2. The van der Waals surface area contributed by atoms with Gasteiger partial charge in [-0.25, -0.2) is 9.97 Å². The summed E-state index contributed by atoms with van der Waals surface area (Å²) < 4.78 is 0. The average Bonchev–Trinajstić information content (AvgIpc) is 3.51. The van der Waals surface area contributed by atoms with E-state index in [2.05, 4.69) is 89.6 Å². The molecule has 1 radical (unpaired) electrons. The van der Waals surface area contributed by atoms with Crippen molar-refractivity contribution in [2.45, 2.75) is 81.1 Å². The van der Waals surface area contributed by atoms with Crippen molar-refractivity contribution < 1.29 is 18.6 Å². The van der Waals surface area contributed by atoms with Gasteiger partial charge in [0.05, 0.1) is 22.8 Å². The van der Waals surface area contributed by atoms with E-state index in [1.165, 1.54) is 55.6 Å². The van der Waals surface area contributed by atoms with Gasteiger partial charge >= 0.3 is 0 Å². The van der Waals surface area contributed by atoms with Crippen molar-refractivity contribution in [2.75, 3.05) is 0 Å². The molecule has 2 aliphatic rings. The summed E-state index contributed by atoms with van der Waals surface area (Å²) in [6.45, 7) is 17.8. The number of rotatable bonds is 4. The molecule has 0 aliphatic carbocycles. The number of aryl methyl sites for hydroxylation is 4. The number of aromatic nitrogens is 4. The molecule has 0 spiro atoms. The summed E-state index contributed by atoms with van der Waals surface area (Å²) >= 11 is 0. The number of H-pyrrole nitrogens is 2. The Labute approximate surface area is 232 Å². The molecule has 4 nitrogen and oxygen atoms in total. The summed E-state index contributed by atoms with van der Waals surface area (Å²) in [7, 11) is 0. The van der Waals surface area contributed by atoms with Crippen molar-refractivity contribution in [2.24, 2.45) is 0 Å². The topological polar surface area (TPSA) is 57.4 Å². The summed E-state index contributed by atoms with van der Waals surface area (Å²) in [5.41, 5.74) is 19.3. The van der Waals surface area contributed by atoms with E-state index in [4.69, 9.17) is 9.97 Å². The molecule has 0 fully saturated rings. The Balaban J connectivity index is 0.00000320. The predicted molar refractivity (Wildman–Crippen MR) is 155 cm³/mol. The van der Waals surface area contributed by atoms with Gasteiger partial charge in [0.1, 0.15) is 0 Å². The molecular formula is C32H38N4V. The predicted octanol–water partition coefficient (Wildman–Crippen LogP) is 8.74. The Kier molecular flexibility index (Phi) is 7.73. The van der Waals surface area contributed by atoms with E-state index in [1.54, 1.807) is 0 Å².